The minimum absolute atomic E-state index is 0.621. The molecule has 86 valence electrons. The summed E-state index contributed by atoms with van der Waals surface area (Å²) in [7, 11) is 0. The van der Waals surface area contributed by atoms with Crippen molar-refractivity contribution in [1.29, 1.82) is 0 Å². The SMILES string of the molecule is CC1CC=CCC1COc1ccc(Br)cn1. The maximum atomic E-state index is 5.71. The molecule has 0 radical (unpaired) electrons. The minimum atomic E-state index is 0.621. The summed E-state index contributed by atoms with van der Waals surface area (Å²) in [6.45, 7) is 3.05. The van der Waals surface area contributed by atoms with Crippen LogP contribution < -0.4 is 4.74 Å². The largest absolute Gasteiger partial charge is 0.477 e. The van der Waals surface area contributed by atoms with Gasteiger partial charge >= 0.3 is 0 Å². The first-order valence-electron chi connectivity index (χ1n) is 5.65. The smallest absolute Gasteiger partial charge is 0.213 e. The quantitative estimate of drug-likeness (QED) is 0.786. The highest BCUT2D eigenvalue weighted by molar-refractivity contribution is 9.10. The van der Waals surface area contributed by atoms with E-state index in [0.717, 1.165) is 17.5 Å². The van der Waals surface area contributed by atoms with Crippen LogP contribution in [-0.2, 0) is 0 Å². The van der Waals surface area contributed by atoms with Crippen molar-refractivity contribution in [3.05, 3.63) is 35.0 Å². The molecule has 2 atom stereocenters. The van der Waals surface area contributed by atoms with Gasteiger partial charge in [0.1, 0.15) is 0 Å². The van der Waals surface area contributed by atoms with E-state index >= 15 is 0 Å². The molecule has 1 aromatic rings. The van der Waals surface area contributed by atoms with Crippen molar-refractivity contribution in [3.8, 4) is 5.88 Å². The summed E-state index contributed by atoms with van der Waals surface area (Å²) in [5, 5.41) is 0. The van der Waals surface area contributed by atoms with Crippen molar-refractivity contribution in [2.45, 2.75) is 19.8 Å². The normalized spacial score (nSPS) is 24.4. The van der Waals surface area contributed by atoms with Gasteiger partial charge in [-0.3, -0.25) is 0 Å². The molecule has 3 heteroatoms. The first-order chi connectivity index (χ1) is 7.75. The van der Waals surface area contributed by atoms with Crippen LogP contribution in [0.25, 0.3) is 0 Å². The van der Waals surface area contributed by atoms with Gasteiger partial charge in [0.15, 0.2) is 0 Å². The zero-order chi connectivity index (χ0) is 11.4. The molecule has 0 aliphatic heterocycles. The van der Waals surface area contributed by atoms with E-state index in [9.17, 15) is 0 Å². The van der Waals surface area contributed by atoms with Crippen molar-refractivity contribution in [2.24, 2.45) is 11.8 Å². The van der Waals surface area contributed by atoms with Crippen LogP contribution in [0.5, 0.6) is 5.88 Å². The third kappa shape index (κ3) is 3.08. The van der Waals surface area contributed by atoms with E-state index in [-0.39, 0.29) is 0 Å². The number of pyridine rings is 1. The van der Waals surface area contributed by atoms with Crippen LogP contribution in [-0.4, -0.2) is 11.6 Å². The van der Waals surface area contributed by atoms with Crippen LogP contribution in [0.2, 0.25) is 0 Å². The zero-order valence-corrected chi connectivity index (χ0v) is 11.0. The first-order valence-corrected chi connectivity index (χ1v) is 6.44. The highest BCUT2D eigenvalue weighted by Gasteiger charge is 2.18. The number of halogens is 1. The average molecular weight is 282 g/mol. The van der Waals surface area contributed by atoms with Crippen LogP contribution in [0.1, 0.15) is 19.8 Å². The second-order valence-corrected chi connectivity index (χ2v) is 5.22. The summed E-state index contributed by atoms with van der Waals surface area (Å²) in [5.41, 5.74) is 0. The number of nitrogens with zero attached hydrogens (tertiary/aromatic N) is 1. The highest BCUT2D eigenvalue weighted by Crippen LogP contribution is 2.25. The second-order valence-electron chi connectivity index (χ2n) is 4.31. The number of hydrogen-bond donors (Lipinski definition) is 0. The standard InChI is InChI=1S/C13H16BrNO/c1-10-4-2-3-5-11(10)9-16-13-7-6-12(14)8-15-13/h2-3,6-8,10-11H,4-5,9H2,1H3. The number of hydrogen-bond acceptors (Lipinski definition) is 2. The lowest BCUT2D eigenvalue weighted by Crippen LogP contribution is -2.21. The molecular formula is C13H16BrNO. The number of allylic oxidation sites excluding steroid dienone is 2. The summed E-state index contributed by atoms with van der Waals surface area (Å²) in [6, 6.07) is 3.85. The van der Waals surface area contributed by atoms with Crippen LogP contribution in [0.3, 0.4) is 0 Å². The number of ether oxygens (including phenoxy) is 1. The van der Waals surface area contributed by atoms with Crippen molar-refractivity contribution in [2.75, 3.05) is 6.61 Å². The summed E-state index contributed by atoms with van der Waals surface area (Å²) < 4.78 is 6.69. The van der Waals surface area contributed by atoms with Gasteiger partial charge in [0.2, 0.25) is 5.88 Å². The number of rotatable bonds is 3. The van der Waals surface area contributed by atoms with Gasteiger partial charge < -0.3 is 4.74 Å². The summed E-state index contributed by atoms with van der Waals surface area (Å²) in [5.74, 6) is 2.04. The van der Waals surface area contributed by atoms with E-state index in [1.165, 1.54) is 6.42 Å². The molecule has 2 rings (SSSR count). The topological polar surface area (TPSA) is 22.1 Å². The summed E-state index contributed by atoms with van der Waals surface area (Å²) in [6.07, 6.45) is 8.57. The van der Waals surface area contributed by atoms with E-state index in [0.29, 0.717) is 17.7 Å². The maximum Gasteiger partial charge on any atom is 0.213 e. The Morgan fingerprint density at radius 1 is 1.38 bits per heavy atom. The third-order valence-corrected chi connectivity index (χ3v) is 3.53. The molecule has 0 bridgehead atoms. The molecule has 16 heavy (non-hydrogen) atoms. The molecule has 0 aromatic carbocycles. The van der Waals surface area contributed by atoms with Gasteiger partial charge in [0.05, 0.1) is 6.61 Å². The fourth-order valence-corrected chi connectivity index (χ4v) is 2.11. The van der Waals surface area contributed by atoms with Gasteiger partial charge in [-0.2, -0.15) is 0 Å². The van der Waals surface area contributed by atoms with Crippen LogP contribution in [0, 0.1) is 11.8 Å². The molecule has 1 aliphatic carbocycles. The molecule has 0 spiro atoms. The minimum Gasteiger partial charge on any atom is -0.477 e. The molecule has 0 amide bonds. The highest BCUT2D eigenvalue weighted by atomic mass is 79.9. The molecule has 0 saturated heterocycles. The Morgan fingerprint density at radius 2 is 2.19 bits per heavy atom. The first kappa shape index (κ1) is 11.6. The average Bonchev–Trinajstić information content (AvgIpc) is 2.30. The van der Waals surface area contributed by atoms with E-state index in [1.54, 1.807) is 6.20 Å². The molecule has 0 N–H and O–H groups in total. The Labute approximate surface area is 105 Å². The van der Waals surface area contributed by atoms with Crippen molar-refractivity contribution < 1.29 is 4.74 Å². The van der Waals surface area contributed by atoms with E-state index < -0.39 is 0 Å². The van der Waals surface area contributed by atoms with Gasteiger partial charge in [-0.05, 0) is 46.7 Å². The van der Waals surface area contributed by atoms with Gasteiger partial charge in [0, 0.05) is 16.7 Å². The molecule has 0 fully saturated rings. The third-order valence-electron chi connectivity index (χ3n) is 3.06. The maximum absolute atomic E-state index is 5.71. The van der Waals surface area contributed by atoms with Crippen molar-refractivity contribution >= 4 is 15.9 Å². The Balaban J connectivity index is 1.87. The molecule has 1 aromatic heterocycles. The van der Waals surface area contributed by atoms with Gasteiger partial charge in [0.25, 0.3) is 0 Å². The van der Waals surface area contributed by atoms with Gasteiger partial charge in [-0.1, -0.05) is 19.1 Å². The fourth-order valence-electron chi connectivity index (χ4n) is 1.88. The number of aromatic nitrogens is 1. The van der Waals surface area contributed by atoms with Gasteiger partial charge in [-0.25, -0.2) is 4.98 Å². The monoisotopic (exact) mass is 281 g/mol. The van der Waals surface area contributed by atoms with E-state index in [4.69, 9.17) is 4.74 Å². The van der Waals surface area contributed by atoms with Crippen molar-refractivity contribution in [1.82, 2.24) is 4.98 Å². The van der Waals surface area contributed by atoms with Crippen LogP contribution in [0.15, 0.2) is 35.0 Å². The predicted molar refractivity (Wildman–Crippen MR) is 68.5 cm³/mol. The molecule has 1 heterocycles. The molecule has 2 nitrogen and oxygen atoms in total. The Bertz CT molecular complexity index is 361. The lowest BCUT2D eigenvalue weighted by atomic mass is 9.85. The molecule has 1 aliphatic rings. The van der Waals surface area contributed by atoms with E-state index in [2.05, 4.69) is 40.0 Å². The van der Waals surface area contributed by atoms with Crippen molar-refractivity contribution in [3.63, 3.8) is 0 Å². The fraction of sp³-hybridized carbons (Fsp3) is 0.462. The molecule has 0 saturated carbocycles. The Hall–Kier alpha value is -0.830. The predicted octanol–water partition coefficient (Wildman–Crippen LogP) is 3.83. The lowest BCUT2D eigenvalue weighted by Gasteiger charge is -2.24. The molecule has 2 unspecified atom stereocenters. The Kier molecular flexibility index (Phi) is 3.99. The second kappa shape index (κ2) is 5.48. The van der Waals surface area contributed by atoms with Gasteiger partial charge in [-0.15, -0.1) is 0 Å². The zero-order valence-electron chi connectivity index (χ0n) is 9.40. The lowest BCUT2D eigenvalue weighted by molar-refractivity contribution is 0.193. The Morgan fingerprint density at radius 3 is 2.88 bits per heavy atom. The van der Waals surface area contributed by atoms with Crippen LogP contribution in [0.4, 0.5) is 0 Å². The summed E-state index contributed by atoms with van der Waals surface area (Å²) >= 11 is 3.36. The summed E-state index contributed by atoms with van der Waals surface area (Å²) in [4.78, 5) is 4.20. The molecular weight excluding hydrogens is 266 g/mol. The van der Waals surface area contributed by atoms with E-state index in [1.807, 2.05) is 12.1 Å². The van der Waals surface area contributed by atoms with Crippen LogP contribution >= 0.6 is 15.9 Å².